The molecule has 0 unspecified atom stereocenters. The molecule has 13 rings (SSSR count). The maximum Gasteiger partial charge on any atom is 0.324 e. The smallest absolute Gasteiger partial charge is 0.324 e. The molecule has 10 aliphatic rings. The number of methoxy groups -OCH3 is 1. The van der Waals surface area contributed by atoms with Gasteiger partial charge in [-0.2, -0.15) is 0 Å². The summed E-state index contributed by atoms with van der Waals surface area (Å²) in [6.45, 7) is 19.8. The van der Waals surface area contributed by atoms with Crippen molar-refractivity contribution in [3.63, 3.8) is 0 Å². The highest BCUT2D eigenvalue weighted by atomic mass is 16.5. The van der Waals surface area contributed by atoms with Gasteiger partial charge in [-0.15, -0.1) is 0 Å². The molecule has 81 heavy (non-hydrogen) atoms. The summed E-state index contributed by atoms with van der Waals surface area (Å²) < 4.78 is 27.4. The van der Waals surface area contributed by atoms with Gasteiger partial charge in [-0.1, -0.05) is 26.7 Å². The van der Waals surface area contributed by atoms with E-state index in [1.807, 2.05) is 6.20 Å². The number of rotatable bonds is 11. The Morgan fingerprint density at radius 1 is 0.914 bits per heavy atom. The van der Waals surface area contributed by atoms with Gasteiger partial charge in [-0.05, 0) is 120 Å². The molecule has 1 spiro atoms. The number of nitrogens with one attached hydrogen (secondary N) is 3. The Bertz CT molecular complexity index is 2850. The summed E-state index contributed by atoms with van der Waals surface area (Å²) in [7, 11) is 1.74. The van der Waals surface area contributed by atoms with E-state index in [0.29, 0.717) is 70.0 Å². The van der Waals surface area contributed by atoms with Gasteiger partial charge in [-0.25, -0.2) is 5.43 Å². The van der Waals surface area contributed by atoms with Gasteiger partial charge in [0.15, 0.2) is 0 Å². The van der Waals surface area contributed by atoms with Gasteiger partial charge in [0.2, 0.25) is 11.8 Å². The molecule has 10 heterocycles. The van der Waals surface area contributed by atoms with Crippen LogP contribution in [-0.4, -0.2) is 201 Å². The third-order valence-corrected chi connectivity index (χ3v) is 20.5. The van der Waals surface area contributed by atoms with Crippen molar-refractivity contribution in [3.8, 4) is 11.3 Å². The lowest BCUT2D eigenvalue weighted by atomic mass is 9.84. The standard InChI is InChI=1S/C62H89N11O8/c1-6-72-51-16-15-42-28-46(51)48(56(72)47-29-43(32-63-52(47)39(2)78-5)68-23-22-67-24-26-79-35-44(67)33-68)31-61(3,4)38-81-60(77)49-12-9-19-73(66-49)58(75)50(30-45-34-69(42)25-27-80-45)64-57(74)55(41-10-7-8-11-41)70-20-17-62(36-70)18-21-71(37-62)59(76)54-53(65-54)40-13-14-40/h15-16,28-29,32,39-41,44-45,49-50,53-55,65-66H,6-14,17-27,30-31,33-38H2,1-5H3,(H,64,74)/t39-,44-,45-,49-,50-,53+,54+,55-,62-/m0/s1. The molecule has 3 N–H and O–H groups in total. The number of aromatic nitrogens is 2. The van der Waals surface area contributed by atoms with Gasteiger partial charge in [0.05, 0.1) is 74.0 Å². The van der Waals surface area contributed by atoms with Crippen LogP contribution in [0, 0.1) is 22.7 Å². The molecular formula is C62H89N11O8. The Morgan fingerprint density at radius 3 is 2.56 bits per heavy atom. The number of likely N-dealkylation sites (tertiary alicyclic amines) is 2. The number of carbonyl (C=O) groups is 4. The Morgan fingerprint density at radius 2 is 1.74 bits per heavy atom. The van der Waals surface area contributed by atoms with Crippen molar-refractivity contribution in [1.29, 1.82) is 0 Å². The second kappa shape index (κ2) is 22.6. The van der Waals surface area contributed by atoms with Crippen molar-refractivity contribution in [2.75, 3.05) is 115 Å². The average Bonchev–Trinajstić information content (AvgIpc) is 4.16. The van der Waals surface area contributed by atoms with Gasteiger partial charge >= 0.3 is 5.97 Å². The molecule has 9 fully saturated rings. The minimum absolute atomic E-state index is 0.0281. The number of anilines is 2. The molecule has 2 aliphatic carbocycles. The number of hydrogen-bond acceptors (Lipinski definition) is 15. The highest BCUT2D eigenvalue weighted by molar-refractivity contribution is 5.95. The summed E-state index contributed by atoms with van der Waals surface area (Å²) in [6, 6.07) is 7.77. The predicted molar refractivity (Wildman–Crippen MR) is 308 cm³/mol. The number of amides is 3. The molecule has 2 saturated carbocycles. The fraction of sp³-hybridized carbons (Fsp3) is 0.726. The minimum atomic E-state index is -0.906. The lowest BCUT2D eigenvalue weighted by Crippen LogP contribution is -2.62. The van der Waals surface area contributed by atoms with Crippen LogP contribution in [0.15, 0.2) is 30.5 Å². The number of carbonyl (C=O) groups excluding carboxylic acids is 4. The second-order valence-corrected chi connectivity index (χ2v) is 26.7. The first-order chi connectivity index (χ1) is 39.3. The van der Waals surface area contributed by atoms with Crippen LogP contribution in [0.3, 0.4) is 0 Å². The fourth-order valence-corrected chi connectivity index (χ4v) is 15.8. The molecule has 6 bridgehead atoms. The SMILES string of the molecule is CCn1c(-c2cc(N3CCN4CCOC[C@@H]4C3)cnc2[C@H](C)OC)c2c3cc(ccc31)N1CCO[C@@H](C[C@H](NC(=O)[C@H](C3CCCC3)N3CC[C@]4(CCN(C(=O)[C@@H]5N[C@@H]5C5CC5)C4)C3)C(=O)N3CCC[C@H](N3)C(=O)OCC(C)(C)C2)C1. The predicted octanol–water partition coefficient (Wildman–Crippen LogP) is 4.89. The molecule has 7 saturated heterocycles. The number of aryl methyl sites for hydroxylation is 1. The first kappa shape index (κ1) is 55.3. The lowest BCUT2D eigenvalue weighted by molar-refractivity contribution is -0.156. The quantitative estimate of drug-likeness (QED) is 0.174. The van der Waals surface area contributed by atoms with E-state index in [1.165, 1.54) is 18.4 Å². The van der Waals surface area contributed by atoms with E-state index in [1.54, 1.807) is 12.1 Å². The lowest BCUT2D eigenvalue weighted by Gasteiger charge is -2.44. The number of benzene rings is 1. The van der Waals surface area contributed by atoms with E-state index in [-0.39, 0.29) is 66.4 Å². The van der Waals surface area contributed by atoms with Gasteiger partial charge in [0, 0.05) is 125 Å². The van der Waals surface area contributed by atoms with Crippen molar-refractivity contribution in [2.24, 2.45) is 22.7 Å². The van der Waals surface area contributed by atoms with Crippen molar-refractivity contribution in [1.82, 2.24) is 45.3 Å². The monoisotopic (exact) mass is 1120 g/mol. The van der Waals surface area contributed by atoms with E-state index in [9.17, 15) is 9.59 Å². The zero-order valence-electron chi connectivity index (χ0n) is 48.8. The van der Waals surface area contributed by atoms with E-state index in [2.05, 4.69) is 97.1 Å². The Hall–Kier alpha value is -4.89. The maximum atomic E-state index is 15.3. The van der Waals surface area contributed by atoms with Crippen molar-refractivity contribution in [3.05, 3.63) is 41.7 Å². The van der Waals surface area contributed by atoms with E-state index >= 15 is 9.59 Å². The van der Waals surface area contributed by atoms with Crippen molar-refractivity contribution >= 4 is 46.0 Å². The van der Waals surface area contributed by atoms with E-state index < -0.39 is 23.5 Å². The molecule has 19 nitrogen and oxygen atoms in total. The number of hydrazine groups is 1. The molecule has 440 valence electrons. The number of ether oxygens (including phenoxy) is 4. The highest BCUT2D eigenvalue weighted by Gasteiger charge is 2.55. The van der Waals surface area contributed by atoms with Crippen LogP contribution in [0.1, 0.15) is 116 Å². The van der Waals surface area contributed by atoms with E-state index in [4.69, 9.17) is 23.9 Å². The average molecular weight is 1120 g/mol. The normalized spacial score (nSPS) is 31.3. The number of morpholine rings is 2. The number of piperazine rings is 1. The maximum absolute atomic E-state index is 15.3. The summed E-state index contributed by atoms with van der Waals surface area (Å²) in [5.41, 5.74) is 10.2. The molecule has 3 amide bonds. The van der Waals surface area contributed by atoms with Crippen LogP contribution in [0.4, 0.5) is 11.4 Å². The number of hydrogen-bond donors (Lipinski definition) is 3. The molecule has 9 atom stereocenters. The molecule has 8 aliphatic heterocycles. The highest BCUT2D eigenvalue weighted by Crippen LogP contribution is 2.46. The molecule has 1 aromatic carbocycles. The summed E-state index contributed by atoms with van der Waals surface area (Å²) in [4.78, 5) is 75.7. The first-order valence-electron chi connectivity index (χ1n) is 31.2. The second-order valence-electron chi connectivity index (χ2n) is 26.7. The number of fused-ring (bicyclic) bond motifs is 7. The summed E-state index contributed by atoms with van der Waals surface area (Å²) in [5, 5.41) is 9.58. The fourth-order valence-electron chi connectivity index (χ4n) is 15.8. The Kier molecular flexibility index (Phi) is 15.4. The van der Waals surface area contributed by atoms with Crippen LogP contribution in [-0.2, 0) is 51.1 Å². The van der Waals surface area contributed by atoms with E-state index in [0.717, 1.165) is 143 Å². The molecule has 0 radical (unpaired) electrons. The largest absolute Gasteiger partial charge is 0.464 e. The van der Waals surface area contributed by atoms with Gasteiger partial charge < -0.3 is 43.5 Å². The van der Waals surface area contributed by atoms with Gasteiger partial charge in [0.1, 0.15) is 18.1 Å². The Labute approximate surface area is 478 Å². The summed E-state index contributed by atoms with van der Waals surface area (Å²) in [6.07, 6.45) is 11.8. The number of esters is 1. The molecular weight excluding hydrogens is 1030 g/mol. The first-order valence-corrected chi connectivity index (χ1v) is 31.2. The summed E-state index contributed by atoms with van der Waals surface area (Å²) >= 11 is 0. The molecule has 2 aromatic heterocycles. The zero-order valence-corrected chi connectivity index (χ0v) is 48.8. The van der Waals surface area contributed by atoms with Crippen molar-refractivity contribution < 1.29 is 38.1 Å². The van der Waals surface area contributed by atoms with Crippen LogP contribution in [0.25, 0.3) is 22.2 Å². The van der Waals surface area contributed by atoms with Crippen LogP contribution >= 0.6 is 0 Å². The Balaban J connectivity index is 0.812. The van der Waals surface area contributed by atoms with Crippen molar-refractivity contribution in [2.45, 2.75) is 160 Å². The van der Waals surface area contributed by atoms with Crippen LogP contribution in [0.2, 0.25) is 0 Å². The third-order valence-electron chi connectivity index (χ3n) is 20.5. The van der Waals surface area contributed by atoms with Crippen LogP contribution in [0.5, 0.6) is 0 Å². The van der Waals surface area contributed by atoms with Gasteiger partial charge in [-0.3, -0.25) is 44.3 Å². The minimum Gasteiger partial charge on any atom is -0.464 e. The number of pyridine rings is 1. The van der Waals surface area contributed by atoms with Crippen LogP contribution < -0.4 is 25.9 Å². The molecule has 19 heteroatoms. The third kappa shape index (κ3) is 11.1. The number of cyclic esters (lactones) is 1. The summed E-state index contributed by atoms with van der Waals surface area (Å²) in [5.74, 6) is 0.320. The topological polar surface area (TPSA) is 188 Å². The number of nitrogens with zero attached hydrogens (tertiary/aromatic N) is 8. The zero-order chi connectivity index (χ0) is 55.7. The van der Waals surface area contributed by atoms with Gasteiger partial charge in [0.25, 0.3) is 5.91 Å². The molecule has 3 aromatic rings.